The molecule has 0 bridgehead atoms. The van der Waals surface area contributed by atoms with Crippen molar-refractivity contribution in [1.29, 1.82) is 0 Å². The summed E-state index contributed by atoms with van der Waals surface area (Å²) in [5.41, 5.74) is 0. The van der Waals surface area contributed by atoms with Gasteiger partial charge in [-0.1, -0.05) is 0 Å². The van der Waals surface area contributed by atoms with Crippen LogP contribution in [0.15, 0.2) is 48.6 Å². The molecule has 2 rings (SSSR count). The molecule has 1 aromatic rings. The van der Waals surface area contributed by atoms with Crippen LogP contribution < -0.4 is 0 Å². The molecule has 0 aromatic carbocycles. The van der Waals surface area contributed by atoms with Crippen molar-refractivity contribution in [2.75, 3.05) is 0 Å². The molecule has 0 aliphatic heterocycles. The van der Waals surface area contributed by atoms with Crippen molar-refractivity contribution in [3.05, 3.63) is 48.6 Å². The standard InChI is InChI=1S/C10H8F2N.Ti/c11-9-4-3-5-10(12,8-9)13-6-1-2-7-13;/h1-8H;. The zero-order chi connectivity index (χ0) is 10.2. The first-order chi connectivity index (χ1) is 6.64. The first-order valence-corrected chi connectivity index (χ1v) is 5.13. The maximum atomic E-state index is 14.4. The number of halogens is 2. The molecular weight excluding hydrogens is 220 g/mol. The van der Waals surface area contributed by atoms with E-state index in [1.165, 1.54) is 43.2 Å². The molecule has 0 saturated heterocycles. The molecule has 14 heavy (non-hydrogen) atoms. The van der Waals surface area contributed by atoms with E-state index in [9.17, 15) is 8.78 Å². The molecule has 0 spiro atoms. The second kappa shape index (κ2) is 3.48. The summed E-state index contributed by atoms with van der Waals surface area (Å²) >= 11 is 1.54. The van der Waals surface area contributed by atoms with E-state index in [0.29, 0.717) is 0 Å². The predicted octanol–water partition coefficient (Wildman–Crippen LogP) is 2.87. The summed E-state index contributed by atoms with van der Waals surface area (Å²) in [5.74, 6) is -2.20. The first kappa shape index (κ1) is 9.87. The zero-order valence-corrected chi connectivity index (χ0v) is 8.88. The van der Waals surface area contributed by atoms with Gasteiger partial charge in [0.25, 0.3) is 0 Å². The minimum absolute atomic E-state index is 0.427. The average molecular weight is 228 g/mol. The van der Waals surface area contributed by atoms with Crippen molar-refractivity contribution >= 4 is 0 Å². The summed E-state index contributed by atoms with van der Waals surface area (Å²) in [4.78, 5) is 0. The molecule has 71 valence electrons. The fourth-order valence-corrected chi connectivity index (χ4v) is 1.99. The van der Waals surface area contributed by atoms with Gasteiger partial charge in [0.15, 0.2) is 0 Å². The van der Waals surface area contributed by atoms with Gasteiger partial charge >= 0.3 is 92.4 Å². The topological polar surface area (TPSA) is 4.93 Å². The fourth-order valence-electron chi connectivity index (χ4n) is 1.46. The van der Waals surface area contributed by atoms with Crippen molar-refractivity contribution in [1.82, 2.24) is 4.57 Å². The van der Waals surface area contributed by atoms with Gasteiger partial charge in [-0.05, 0) is 0 Å². The Morgan fingerprint density at radius 1 is 1.36 bits per heavy atom. The summed E-state index contributed by atoms with van der Waals surface area (Å²) in [6.07, 6.45) is 7.28. The van der Waals surface area contributed by atoms with Crippen LogP contribution in [-0.2, 0) is 26.2 Å². The van der Waals surface area contributed by atoms with Gasteiger partial charge in [-0.3, -0.25) is 0 Å². The van der Waals surface area contributed by atoms with Gasteiger partial charge in [0.05, 0.1) is 0 Å². The van der Waals surface area contributed by atoms with E-state index in [1.807, 2.05) is 0 Å². The summed E-state index contributed by atoms with van der Waals surface area (Å²) in [6, 6.07) is 3.44. The Balaban J connectivity index is 2.43. The molecule has 0 amide bonds. The summed E-state index contributed by atoms with van der Waals surface area (Å²) in [6.45, 7) is 0. The van der Waals surface area contributed by atoms with Crippen molar-refractivity contribution < 1.29 is 29.2 Å². The van der Waals surface area contributed by atoms with E-state index in [4.69, 9.17) is 0 Å². The number of hydrogen-bond acceptors (Lipinski definition) is 0. The van der Waals surface area contributed by atoms with Crippen LogP contribution in [0.2, 0.25) is 4.22 Å². The maximum absolute atomic E-state index is 14.4. The zero-order valence-electron chi connectivity index (χ0n) is 7.32. The second-order valence-electron chi connectivity index (χ2n) is 3.16. The molecule has 0 saturated carbocycles. The minimum atomic E-state index is -1.78. The molecular formula is C10H8F2NTi. The molecule has 0 N–H and O–H groups in total. The Bertz CT molecular complexity index is 383. The Morgan fingerprint density at radius 2 is 2.00 bits per heavy atom. The van der Waals surface area contributed by atoms with Crippen LogP contribution in [0.1, 0.15) is 0 Å². The molecule has 2 unspecified atom stereocenters. The molecule has 1 heterocycles. The van der Waals surface area contributed by atoms with Crippen molar-refractivity contribution in [3.8, 4) is 0 Å². The Labute approximate surface area is 92.5 Å². The van der Waals surface area contributed by atoms with Crippen LogP contribution >= 0.6 is 0 Å². The average Bonchev–Trinajstić information content (AvgIpc) is 2.67. The van der Waals surface area contributed by atoms with Crippen LogP contribution in [0.3, 0.4) is 0 Å². The van der Waals surface area contributed by atoms with E-state index in [0.717, 1.165) is 0 Å². The number of rotatable bonds is 1. The second-order valence-corrected chi connectivity index (χ2v) is 4.06. The number of hydrogen-bond donors (Lipinski definition) is 0. The third-order valence-electron chi connectivity index (χ3n) is 2.27. The molecule has 1 aliphatic rings. The van der Waals surface area contributed by atoms with Crippen molar-refractivity contribution in [2.24, 2.45) is 0 Å². The van der Waals surface area contributed by atoms with Gasteiger partial charge in [-0.25, -0.2) is 0 Å². The summed E-state index contributed by atoms with van der Waals surface area (Å²) in [7, 11) is 0. The van der Waals surface area contributed by atoms with Gasteiger partial charge in [0.1, 0.15) is 0 Å². The Kier molecular flexibility index (Phi) is 2.46. The van der Waals surface area contributed by atoms with Crippen LogP contribution in [-0.4, -0.2) is 4.57 Å². The van der Waals surface area contributed by atoms with Crippen molar-refractivity contribution in [3.63, 3.8) is 0 Å². The van der Waals surface area contributed by atoms with Crippen LogP contribution in [0.4, 0.5) is 8.78 Å². The molecule has 1 nitrogen and oxygen atoms in total. The molecule has 0 radical (unpaired) electrons. The molecule has 2 atom stereocenters. The predicted molar refractivity (Wildman–Crippen MR) is 45.6 cm³/mol. The number of nitrogens with zero attached hydrogens (tertiary/aromatic N) is 1. The molecule has 0 fully saturated rings. The van der Waals surface area contributed by atoms with E-state index >= 15 is 0 Å². The number of aromatic nitrogens is 1. The third-order valence-corrected chi connectivity index (χ3v) is 3.33. The monoisotopic (exact) mass is 228 g/mol. The summed E-state index contributed by atoms with van der Waals surface area (Å²) in [5, 5.41) is 0. The first-order valence-electron chi connectivity index (χ1n) is 4.23. The van der Waals surface area contributed by atoms with Crippen molar-refractivity contribution in [2.45, 2.75) is 10.0 Å². The fraction of sp³-hybridized carbons (Fsp3) is 0.200. The normalized spacial score (nSPS) is 31.5. The van der Waals surface area contributed by atoms with Crippen LogP contribution in [0.5, 0.6) is 0 Å². The van der Waals surface area contributed by atoms with E-state index in [-0.39, 0.29) is 0 Å². The number of alkyl halides is 1. The number of allylic oxidation sites excluding steroid dienone is 4. The van der Waals surface area contributed by atoms with Gasteiger partial charge in [0.2, 0.25) is 0 Å². The van der Waals surface area contributed by atoms with Gasteiger partial charge in [-0.15, -0.1) is 0 Å². The van der Waals surface area contributed by atoms with Gasteiger partial charge in [-0.2, -0.15) is 0 Å². The van der Waals surface area contributed by atoms with E-state index < -0.39 is 15.8 Å². The summed E-state index contributed by atoms with van der Waals surface area (Å²) < 4.78 is 28.2. The van der Waals surface area contributed by atoms with Gasteiger partial charge in [0, 0.05) is 0 Å². The third kappa shape index (κ3) is 1.41. The van der Waals surface area contributed by atoms with Gasteiger partial charge < -0.3 is 0 Å². The quantitative estimate of drug-likeness (QED) is 0.651. The van der Waals surface area contributed by atoms with Crippen LogP contribution in [0.25, 0.3) is 0 Å². The van der Waals surface area contributed by atoms with E-state index in [2.05, 4.69) is 0 Å². The molecule has 1 aliphatic carbocycles. The van der Waals surface area contributed by atoms with E-state index in [1.54, 1.807) is 24.5 Å². The molecule has 1 aromatic heterocycles. The van der Waals surface area contributed by atoms with Crippen LogP contribution in [0, 0.1) is 0 Å². The molecule has 4 heteroatoms. The SMILES string of the molecule is FC1=CC=CC(F)(n2cccc2)[CH]1[Ti]. The Hall–Kier alpha value is -0.666. The Morgan fingerprint density at radius 3 is 2.64 bits per heavy atom.